The van der Waals surface area contributed by atoms with Crippen LogP contribution in [0.15, 0.2) is 24.3 Å². The van der Waals surface area contributed by atoms with Crippen LogP contribution in [0.3, 0.4) is 0 Å². The maximum atomic E-state index is 12.0. The lowest BCUT2D eigenvalue weighted by Crippen LogP contribution is -2.52. The third-order valence-corrected chi connectivity index (χ3v) is 4.39. The largest absolute Gasteiger partial charge is 0.327 e. The molecule has 1 amide bonds. The van der Waals surface area contributed by atoms with Crippen molar-refractivity contribution >= 4 is 23.2 Å². The minimum atomic E-state index is 0.0185. The summed E-state index contributed by atoms with van der Waals surface area (Å²) in [5.41, 5.74) is 6.99. The summed E-state index contributed by atoms with van der Waals surface area (Å²) >= 11 is 5.90. The van der Waals surface area contributed by atoms with Crippen molar-refractivity contribution in [1.82, 2.24) is 4.90 Å². The number of nitrogens with zero attached hydrogens (tertiary/aromatic N) is 1. The number of carbonyl (C=O) groups excluding carboxylic acids is 1. The minimum absolute atomic E-state index is 0.0185. The Hall–Kier alpha value is -1.10. The zero-order valence-electron chi connectivity index (χ0n) is 12.7. The minimum Gasteiger partial charge on any atom is -0.327 e. The zero-order valence-corrected chi connectivity index (χ0v) is 13.5. The Morgan fingerprint density at radius 1 is 1.52 bits per heavy atom. The van der Waals surface area contributed by atoms with Gasteiger partial charge in [0.05, 0.1) is 0 Å². The number of carbonyl (C=O) groups is 1. The van der Waals surface area contributed by atoms with Crippen LogP contribution < -0.4 is 11.1 Å². The second-order valence-corrected chi connectivity index (χ2v) is 6.90. The molecular formula is C16H24ClN3O. The molecule has 0 aliphatic carbocycles. The molecule has 1 saturated heterocycles. The van der Waals surface area contributed by atoms with E-state index in [2.05, 4.69) is 24.1 Å². The van der Waals surface area contributed by atoms with Crippen molar-refractivity contribution in [3.8, 4) is 0 Å². The van der Waals surface area contributed by atoms with Crippen molar-refractivity contribution in [2.24, 2.45) is 11.1 Å². The monoisotopic (exact) mass is 309 g/mol. The molecule has 2 rings (SSSR count). The highest BCUT2D eigenvalue weighted by Crippen LogP contribution is 2.27. The van der Waals surface area contributed by atoms with Crippen molar-refractivity contribution in [3.05, 3.63) is 29.3 Å². The number of anilines is 1. The van der Waals surface area contributed by atoms with Gasteiger partial charge >= 0.3 is 0 Å². The number of benzene rings is 1. The molecule has 1 atom stereocenters. The third kappa shape index (κ3) is 4.70. The number of rotatable bonds is 4. The maximum Gasteiger partial charge on any atom is 0.225 e. The van der Waals surface area contributed by atoms with Gasteiger partial charge in [0.2, 0.25) is 5.91 Å². The van der Waals surface area contributed by atoms with Gasteiger partial charge in [-0.05, 0) is 36.6 Å². The molecule has 0 saturated carbocycles. The molecule has 1 fully saturated rings. The van der Waals surface area contributed by atoms with E-state index in [4.69, 9.17) is 17.3 Å². The van der Waals surface area contributed by atoms with E-state index in [0.29, 0.717) is 11.4 Å². The van der Waals surface area contributed by atoms with Crippen LogP contribution >= 0.6 is 11.6 Å². The van der Waals surface area contributed by atoms with Gasteiger partial charge in [-0.3, -0.25) is 4.79 Å². The van der Waals surface area contributed by atoms with Gasteiger partial charge in [0.25, 0.3) is 0 Å². The Balaban J connectivity index is 1.79. The van der Waals surface area contributed by atoms with Gasteiger partial charge in [-0.15, -0.1) is 0 Å². The summed E-state index contributed by atoms with van der Waals surface area (Å²) in [4.78, 5) is 14.3. The van der Waals surface area contributed by atoms with Crippen molar-refractivity contribution in [2.45, 2.75) is 32.7 Å². The fourth-order valence-corrected chi connectivity index (χ4v) is 2.92. The summed E-state index contributed by atoms with van der Waals surface area (Å²) in [6.45, 7) is 7.06. The first-order valence-electron chi connectivity index (χ1n) is 7.40. The van der Waals surface area contributed by atoms with Crippen molar-refractivity contribution in [1.29, 1.82) is 0 Å². The summed E-state index contributed by atoms with van der Waals surface area (Å²) in [6, 6.07) is 7.45. The molecule has 21 heavy (non-hydrogen) atoms. The van der Waals surface area contributed by atoms with E-state index in [1.807, 2.05) is 12.1 Å². The van der Waals surface area contributed by atoms with Crippen molar-refractivity contribution in [3.63, 3.8) is 0 Å². The van der Waals surface area contributed by atoms with E-state index in [1.54, 1.807) is 12.1 Å². The van der Waals surface area contributed by atoms with Crippen LogP contribution in [0, 0.1) is 5.41 Å². The highest BCUT2D eigenvalue weighted by molar-refractivity contribution is 6.30. The summed E-state index contributed by atoms with van der Waals surface area (Å²) in [7, 11) is 0. The Morgan fingerprint density at radius 2 is 2.29 bits per heavy atom. The molecular weight excluding hydrogens is 286 g/mol. The van der Waals surface area contributed by atoms with Crippen LogP contribution in [0.25, 0.3) is 0 Å². The first-order valence-corrected chi connectivity index (χ1v) is 7.78. The van der Waals surface area contributed by atoms with Crippen LogP contribution in [0.1, 0.15) is 26.7 Å². The Bertz CT molecular complexity index is 504. The Labute approximate surface area is 131 Å². The number of hydrogen-bond acceptors (Lipinski definition) is 3. The molecule has 0 spiro atoms. The highest BCUT2D eigenvalue weighted by Gasteiger charge is 2.33. The molecule has 0 bridgehead atoms. The molecule has 1 heterocycles. The lowest BCUT2D eigenvalue weighted by molar-refractivity contribution is -0.116. The number of hydrogen-bond donors (Lipinski definition) is 2. The average Bonchev–Trinajstić information content (AvgIpc) is 2.40. The van der Waals surface area contributed by atoms with E-state index in [9.17, 15) is 4.79 Å². The lowest BCUT2D eigenvalue weighted by atomic mass is 9.80. The van der Waals surface area contributed by atoms with Gasteiger partial charge in [0, 0.05) is 36.3 Å². The van der Waals surface area contributed by atoms with Gasteiger partial charge < -0.3 is 16.0 Å². The molecule has 1 aromatic carbocycles. The molecule has 0 radical (unpaired) electrons. The van der Waals surface area contributed by atoms with E-state index in [-0.39, 0.29) is 17.4 Å². The molecule has 1 unspecified atom stereocenters. The van der Waals surface area contributed by atoms with Crippen molar-refractivity contribution in [2.75, 3.05) is 25.0 Å². The standard InChI is InChI=1S/C16H24ClN3O/c1-16(2)11-20(8-6-14(16)18)9-7-15(21)19-13-5-3-4-12(17)10-13/h3-5,10,14H,6-9,11,18H2,1-2H3,(H,19,21). The van der Waals surface area contributed by atoms with Gasteiger partial charge in [-0.25, -0.2) is 0 Å². The fourth-order valence-electron chi connectivity index (χ4n) is 2.73. The molecule has 1 aliphatic rings. The third-order valence-electron chi connectivity index (χ3n) is 4.15. The molecule has 0 aromatic heterocycles. The van der Waals surface area contributed by atoms with Gasteiger partial charge in [-0.2, -0.15) is 0 Å². The zero-order chi connectivity index (χ0) is 15.5. The van der Waals surface area contributed by atoms with Crippen LogP contribution in [0.5, 0.6) is 0 Å². The van der Waals surface area contributed by atoms with Gasteiger partial charge in [0.15, 0.2) is 0 Å². The molecule has 116 valence electrons. The van der Waals surface area contributed by atoms with Gasteiger partial charge in [0.1, 0.15) is 0 Å². The second kappa shape index (κ2) is 6.77. The van der Waals surface area contributed by atoms with Crippen LogP contribution in [-0.4, -0.2) is 36.5 Å². The average molecular weight is 310 g/mol. The van der Waals surface area contributed by atoms with Crippen LogP contribution in [-0.2, 0) is 4.79 Å². The van der Waals surface area contributed by atoms with E-state index in [0.717, 1.165) is 31.7 Å². The lowest BCUT2D eigenvalue weighted by Gasteiger charge is -2.42. The fraction of sp³-hybridized carbons (Fsp3) is 0.562. The first kappa shape index (κ1) is 16.3. The number of halogens is 1. The van der Waals surface area contributed by atoms with E-state index >= 15 is 0 Å². The highest BCUT2D eigenvalue weighted by atomic mass is 35.5. The summed E-state index contributed by atoms with van der Waals surface area (Å²) in [5, 5.41) is 3.50. The predicted molar refractivity (Wildman–Crippen MR) is 87.5 cm³/mol. The number of nitrogens with two attached hydrogens (primary N) is 1. The number of amides is 1. The normalized spacial score (nSPS) is 22.0. The Morgan fingerprint density at radius 3 is 2.95 bits per heavy atom. The molecule has 4 nitrogen and oxygen atoms in total. The number of likely N-dealkylation sites (tertiary alicyclic amines) is 1. The van der Waals surface area contributed by atoms with E-state index < -0.39 is 0 Å². The maximum absolute atomic E-state index is 12.0. The summed E-state index contributed by atoms with van der Waals surface area (Å²) < 4.78 is 0. The van der Waals surface area contributed by atoms with Crippen LogP contribution in [0.2, 0.25) is 5.02 Å². The molecule has 1 aromatic rings. The van der Waals surface area contributed by atoms with Gasteiger partial charge in [-0.1, -0.05) is 31.5 Å². The van der Waals surface area contributed by atoms with Crippen LogP contribution in [0.4, 0.5) is 5.69 Å². The smallest absolute Gasteiger partial charge is 0.225 e. The first-order chi connectivity index (χ1) is 9.87. The SMILES string of the molecule is CC1(C)CN(CCC(=O)Nc2cccc(Cl)c2)CCC1N. The quantitative estimate of drug-likeness (QED) is 0.899. The second-order valence-electron chi connectivity index (χ2n) is 6.47. The Kier molecular flexibility index (Phi) is 5.25. The topological polar surface area (TPSA) is 58.4 Å². The number of piperidine rings is 1. The number of nitrogens with one attached hydrogen (secondary N) is 1. The molecule has 3 N–H and O–H groups in total. The molecule has 1 aliphatic heterocycles. The molecule has 5 heteroatoms. The van der Waals surface area contributed by atoms with E-state index in [1.165, 1.54) is 0 Å². The summed E-state index contributed by atoms with van der Waals surface area (Å²) in [6.07, 6.45) is 1.47. The summed E-state index contributed by atoms with van der Waals surface area (Å²) in [5.74, 6) is 0.0185. The van der Waals surface area contributed by atoms with Crippen molar-refractivity contribution < 1.29 is 4.79 Å². The predicted octanol–water partition coefficient (Wildman–Crippen LogP) is 2.73.